The lowest BCUT2D eigenvalue weighted by atomic mass is 10.2. The molecule has 0 amide bonds. The van der Waals surface area contributed by atoms with E-state index in [9.17, 15) is 14.9 Å². The summed E-state index contributed by atoms with van der Waals surface area (Å²) >= 11 is 0. The van der Waals surface area contributed by atoms with Crippen LogP contribution >= 0.6 is 0 Å². The molecular weight excluding hydrogens is 336 g/mol. The second kappa shape index (κ2) is 7.39. The molecule has 3 aromatic rings. The molecule has 3 rings (SSSR count). The number of aromatic nitrogens is 2. The molecule has 0 radical (unpaired) electrons. The maximum atomic E-state index is 12.2. The quantitative estimate of drug-likeness (QED) is 0.324. The summed E-state index contributed by atoms with van der Waals surface area (Å²) in [7, 11) is 0. The molecule has 0 saturated heterocycles. The van der Waals surface area contributed by atoms with Gasteiger partial charge in [-0.05, 0) is 31.2 Å². The predicted octanol–water partition coefficient (Wildman–Crippen LogP) is 3.66. The molecule has 2 aromatic carbocycles. The van der Waals surface area contributed by atoms with Crippen molar-refractivity contribution in [3.05, 3.63) is 82.3 Å². The van der Waals surface area contributed by atoms with Gasteiger partial charge in [0.05, 0.1) is 10.5 Å². The van der Waals surface area contributed by atoms with Crippen molar-refractivity contribution in [3.63, 3.8) is 0 Å². The van der Waals surface area contributed by atoms with Gasteiger partial charge in [0, 0.05) is 35.6 Å². The van der Waals surface area contributed by atoms with E-state index in [1.807, 2.05) is 6.92 Å². The Balaban J connectivity index is 1.71. The van der Waals surface area contributed by atoms with Crippen molar-refractivity contribution < 1.29 is 14.5 Å². The molecule has 0 aliphatic heterocycles. The van der Waals surface area contributed by atoms with E-state index in [1.54, 1.807) is 30.3 Å². The van der Waals surface area contributed by atoms with E-state index < -0.39 is 10.9 Å². The number of esters is 1. The molecule has 0 atom stereocenters. The topological polar surface area (TPSA) is 107 Å². The molecule has 0 aliphatic carbocycles. The maximum absolute atomic E-state index is 12.2. The first-order chi connectivity index (χ1) is 12.5. The molecule has 1 heterocycles. The van der Waals surface area contributed by atoms with Crippen LogP contribution in [0.15, 0.2) is 60.9 Å². The van der Waals surface area contributed by atoms with Crippen molar-refractivity contribution in [2.24, 2.45) is 0 Å². The Labute approximate surface area is 148 Å². The van der Waals surface area contributed by atoms with Gasteiger partial charge in [0.1, 0.15) is 17.9 Å². The van der Waals surface area contributed by atoms with Gasteiger partial charge in [-0.2, -0.15) is 0 Å². The Morgan fingerprint density at radius 3 is 2.58 bits per heavy atom. The van der Waals surface area contributed by atoms with Crippen LogP contribution in [0, 0.1) is 17.0 Å². The molecule has 1 aromatic heterocycles. The summed E-state index contributed by atoms with van der Waals surface area (Å²) in [5, 5.41) is 13.8. The number of carbonyl (C=O) groups excluding carboxylic acids is 1. The number of anilines is 2. The van der Waals surface area contributed by atoms with E-state index in [1.165, 1.54) is 30.6 Å². The van der Waals surface area contributed by atoms with Crippen LogP contribution in [-0.2, 0) is 0 Å². The fourth-order valence-corrected chi connectivity index (χ4v) is 2.19. The van der Waals surface area contributed by atoms with Crippen LogP contribution in [0.25, 0.3) is 0 Å². The number of non-ortho nitro benzene ring substituents is 1. The lowest BCUT2D eigenvalue weighted by Gasteiger charge is -2.08. The highest BCUT2D eigenvalue weighted by molar-refractivity contribution is 5.91. The molecule has 0 saturated carbocycles. The summed E-state index contributed by atoms with van der Waals surface area (Å²) < 4.78 is 5.32. The minimum atomic E-state index is -0.602. The van der Waals surface area contributed by atoms with Crippen LogP contribution in [0.5, 0.6) is 5.75 Å². The standard InChI is InChI=1S/C18H14N4O4/c1-12-9-17(20-11-19-12)21-14-3-2-4-16(10-14)26-18(23)13-5-7-15(8-6-13)22(24)25/h2-11H,1H3,(H,19,20,21). The summed E-state index contributed by atoms with van der Waals surface area (Å²) in [6, 6.07) is 13.8. The molecule has 0 fully saturated rings. The van der Waals surface area contributed by atoms with E-state index >= 15 is 0 Å². The highest BCUT2D eigenvalue weighted by Crippen LogP contribution is 2.22. The molecule has 1 N–H and O–H groups in total. The maximum Gasteiger partial charge on any atom is 0.343 e. The summed E-state index contributed by atoms with van der Waals surface area (Å²) in [4.78, 5) is 30.4. The Bertz CT molecular complexity index is 957. The molecule has 26 heavy (non-hydrogen) atoms. The van der Waals surface area contributed by atoms with Crippen LogP contribution in [0.3, 0.4) is 0 Å². The highest BCUT2D eigenvalue weighted by atomic mass is 16.6. The zero-order chi connectivity index (χ0) is 18.5. The van der Waals surface area contributed by atoms with Crippen molar-refractivity contribution >= 4 is 23.2 Å². The van der Waals surface area contributed by atoms with Gasteiger partial charge >= 0.3 is 5.97 Å². The number of ether oxygens (including phenoxy) is 1. The van der Waals surface area contributed by atoms with Gasteiger partial charge in [-0.15, -0.1) is 0 Å². The second-order valence-corrected chi connectivity index (χ2v) is 5.39. The normalized spacial score (nSPS) is 10.2. The Kier molecular flexibility index (Phi) is 4.84. The van der Waals surface area contributed by atoms with E-state index in [0.29, 0.717) is 17.3 Å². The molecule has 0 aliphatic rings. The third-order valence-electron chi connectivity index (χ3n) is 3.43. The van der Waals surface area contributed by atoms with Gasteiger partial charge in [-0.3, -0.25) is 10.1 Å². The number of carbonyl (C=O) groups is 1. The number of benzene rings is 2. The van der Waals surface area contributed by atoms with Crippen LogP contribution < -0.4 is 10.1 Å². The zero-order valence-corrected chi connectivity index (χ0v) is 13.7. The van der Waals surface area contributed by atoms with Crippen molar-refractivity contribution in [3.8, 4) is 5.75 Å². The Hall–Kier alpha value is -3.81. The number of aryl methyl sites for hydroxylation is 1. The van der Waals surface area contributed by atoms with Crippen LogP contribution in [0.4, 0.5) is 17.2 Å². The fourth-order valence-electron chi connectivity index (χ4n) is 2.19. The fraction of sp³-hybridized carbons (Fsp3) is 0.0556. The monoisotopic (exact) mass is 350 g/mol. The van der Waals surface area contributed by atoms with Crippen molar-refractivity contribution in [2.45, 2.75) is 6.92 Å². The van der Waals surface area contributed by atoms with Gasteiger partial charge in [0.2, 0.25) is 0 Å². The number of hydrogen-bond acceptors (Lipinski definition) is 7. The largest absolute Gasteiger partial charge is 0.423 e. The summed E-state index contributed by atoms with van der Waals surface area (Å²) in [5.41, 5.74) is 1.65. The molecule has 8 nitrogen and oxygen atoms in total. The van der Waals surface area contributed by atoms with E-state index in [4.69, 9.17) is 4.74 Å². The third-order valence-corrected chi connectivity index (χ3v) is 3.43. The molecular formula is C18H14N4O4. The van der Waals surface area contributed by atoms with Gasteiger partial charge in [-0.1, -0.05) is 6.07 Å². The molecule has 0 bridgehead atoms. The molecule has 130 valence electrons. The lowest BCUT2D eigenvalue weighted by molar-refractivity contribution is -0.384. The smallest absolute Gasteiger partial charge is 0.343 e. The van der Waals surface area contributed by atoms with Crippen molar-refractivity contribution in [1.82, 2.24) is 9.97 Å². The Morgan fingerprint density at radius 2 is 1.88 bits per heavy atom. The Morgan fingerprint density at radius 1 is 1.12 bits per heavy atom. The first-order valence-electron chi connectivity index (χ1n) is 7.63. The van der Waals surface area contributed by atoms with E-state index in [-0.39, 0.29) is 11.3 Å². The molecule has 0 unspecified atom stereocenters. The number of hydrogen-bond donors (Lipinski definition) is 1. The summed E-state index contributed by atoms with van der Waals surface area (Å²) in [6.07, 6.45) is 1.45. The molecule has 0 spiro atoms. The first-order valence-corrected chi connectivity index (χ1v) is 7.63. The van der Waals surface area contributed by atoms with Crippen LogP contribution in [0.2, 0.25) is 0 Å². The van der Waals surface area contributed by atoms with Crippen molar-refractivity contribution in [2.75, 3.05) is 5.32 Å². The van der Waals surface area contributed by atoms with Crippen LogP contribution in [-0.4, -0.2) is 20.9 Å². The average molecular weight is 350 g/mol. The minimum Gasteiger partial charge on any atom is -0.423 e. The number of nitrogens with one attached hydrogen (secondary N) is 1. The van der Waals surface area contributed by atoms with Gasteiger partial charge in [0.25, 0.3) is 5.69 Å². The molecule has 8 heteroatoms. The highest BCUT2D eigenvalue weighted by Gasteiger charge is 2.12. The average Bonchev–Trinajstić information content (AvgIpc) is 2.62. The summed E-state index contributed by atoms with van der Waals surface area (Å²) in [6.45, 7) is 1.86. The van der Waals surface area contributed by atoms with Crippen molar-refractivity contribution in [1.29, 1.82) is 0 Å². The van der Waals surface area contributed by atoms with Crippen LogP contribution in [0.1, 0.15) is 16.1 Å². The van der Waals surface area contributed by atoms with E-state index in [0.717, 1.165) is 5.69 Å². The first kappa shape index (κ1) is 17.0. The van der Waals surface area contributed by atoms with Gasteiger partial charge < -0.3 is 10.1 Å². The predicted molar refractivity (Wildman–Crippen MR) is 94.5 cm³/mol. The van der Waals surface area contributed by atoms with Gasteiger partial charge in [0.15, 0.2) is 0 Å². The number of nitrogens with zero attached hydrogens (tertiary/aromatic N) is 3. The third kappa shape index (κ3) is 4.18. The second-order valence-electron chi connectivity index (χ2n) is 5.39. The van der Waals surface area contributed by atoms with Gasteiger partial charge in [-0.25, -0.2) is 14.8 Å². The lowest BCUT2D eigenvalue weighted by Crippen LogP contribution is -2.08. The zero-order valence-electron chi connectivity index (χ0n) is 13.7. The number of nitro benzene ring substituents is 1. The van der Waals surface area contributed by atoms with E-state index in [2.05, 4.69) is 15.3 Å². The SMILES string of the molecule is Cc1cc(Nc2cccc(OC(=O)c3ccc([N+](=O)[O-])cc3)c2)ncn1. The summed E-state index contributed by atoms with van der Waals surface area (Å²) in [5.74, 6) is 0.357. The number of nitro groups is 1. The number of rotatable bonds is 5. The minimum absolute atomic E-state index is 0.0899.